The largest absolute Gasteiger partial charge is 0.395 e. The van der Waals surface area contributed by atoms with Crippen LogP contribution >= 0.6 is 11.3 Å². The number of amides is 1. The maximum absolute atomic E-state index is 12.2. The van der Waals surface area contributed by atoms with Gasteiger partial charge in [0.25, 0.3) is 5.91 Å². The first-order valence-electron chi connectivity index (χ1n) is 6.53. The Kier molecular flexibility index (Phi) is 5.09. The van der Waals surface area contributed by atoms with Crippen LogP contribution in [0, 0.1) is 11.8 Å². The Morgan fingerprint density at radius 3 is 3.10 bits per heavy atom. The van der Waals surface area contributed by atoms with Gasteiger partial charge in [-0.3, -0.25) is 14.8 Å². The number of carbonyl (C=O) groups excluding carboxylic acids is 1. The second kappa shape index (κ2) is 7.02. The van der Waals surface area contributed by atoms with E-state index in [0.29, 0.717) is 23.5 Å². The summed E-state index contributed by atoms with van der Waals surface area (Å²) in [5.41, 5.74) is 1.32. The lowest BCUT2D eigenvalue weighted by molar-refractivity contribution is 0.102. The summed E-state index contributed by atoms with van der Waals surface area (Å²) in [5.74, 6) is 5.48. The lowest BCUT2D eigenvalue weighted by atomic mass is 10.2. The van der Waals surface area contributed by atoms with Crippen LogP contribution in [0.1, 0.15) is 34.3 Å². The number of aliphatic hydroxyl groups excluding tert-OH is 1. The summed E-state index contributed by atoms with van der Waals surface area (Å²) < 4.78 is 1.63. The fraction of sp³-hybridized carbons (Fsp3) is 0.357. The molecule has 2 heterocycles. The molecule has 7 heteroatoms. The van der Waals surface area contributed by atoms with Gasteiger partial charge in [-0.2, -0.15) is 5.10 Å². The number of carbonyl (C=O) groups is 1. The first kappa shape index (κ1) is 15.2. The fourth-order valence-electron chi connectivity index (χ4n) is 1.74. The highest BCUT2D eigenvalue weighted by atomic mass is 32.1. The molecular weight excluding hydrogens is 288 g/mol. The first-order valence-corrected chi connectivity index (χ1v) is 7.35. The van der Waals surface area contributed by atoms with Crippen molar-refractivity contribution in [2.24, 2.45) is 7.05 Å². The number of thiazole rings is 1. The number of aromatic nitrogens is 3. The van der Waals surface area contributed by atoms with Crippen LogP contribution < -0.4 is 5.32 Å². The zero-order valence-electron chi connectivity index (χ0n) is 11.9. The number of nitrogens with zero attached hydrogens (tertiary/aromatic N) is 3. The van der Waals surface area contributed by atoms with Crippen molar-refractivity contribution in [2.75, 3.05) is 11.9 Å². The number of aryl methyl sites for hydroxylation is 2. The van der Waals surface area contributed by atoms with Crippen LogP contribution in [-0.2, 0) is 13.5 Å². The van der Waals surface area contributed by atoms with Gasteiger partial charge in [-0.25, -0.2) is 4.98 Å². The Labute approximate surface area is 126 Å². The topological polar surface area (TPSA) is 80.0 Å². The molecule has 1 amide bonds. The van der Waals surface area contributed by atoms with Crippen molar-refractivity contribution in [1.29, 1.82) is 0 Å². The Hall–Kier alpha value is -2.17. The van der Waals surface area contributed by atoms with Crippen LogP contribution in [0.2, 0.25) is 0 Å². The Morgan fingerprint density at radius 2 is 2.38 bits per heavy atom. The Morgan fingerprint density at radius 1 is 1.57 bits per heavy atom. The van der Waals surface area contributed by atoms with Gasteiger partial charge in [-0.05, 0) is 6.42 Å². The van der Waals surface area contributed by atoms with Crippen LogP contribution in [-0.4, -0.2) is 32.4 Å². The molecule has 0 aliphatic heterocycles. The molecule has 0 spiro atoms. The van der Waals surface area contributed by atoms with E-state index in [1.54, 1.807) is 24.1 Å². The second-order valence-corrected chi connectivity index (χ2v) is 5.31. The minimum atomic E-state index is -0.218. The van der Waals surface area contributed by atoms with Crippen molar-refractivity contribution in [3.8, 4) is 11.8 Å². The summed E-state index contributed by atoms with van der Waals surface area (Å²) in [6, 6.07) is 0. The van der Waals surface area contributed by atoms with Crippen molar-refractivity contribution in [1.82, 2.24) is 14.8 Å². The van der Waals surface area contributed by atoms with Gasteiger partial charge in [0, 0.05) is 19.7 Å². The van der Waals surface area contributed by atoms with Crippen molar-refractivity contribution in [3.63, 3.8) is 0 Å². The zero-order valence-corrected chi connectivity index (χ0v) is 12.7. The zero-order chi connectivity index (χ0) is 15.2. The minimum absolute atomic E-state index is 0.0379. The van der Waals surface area contributed by atoms with Crippen LogP contribution in [0.15, 0.2) is 12.4 Å². The van der Waals surface area contributed by atoms with E-state index in [9.17, 15) is 4.79 Å². The summed E-state index contributed by atoms with van der Waals surface area (Å²) in [7, 11) is 1.79. The van der Waals surface area contributed by atoms with Crippen LogP contribution in [0.5, 0.6) is 0 Å². The number of anilines is 1. The molecule has 2 rings (SSSR count). The fourth-order valence-corrected chi connectivity index (χ4v) is 2.43. The molecule has 0 aliphatic rings. The molecule has 0 radical (unpaired) electrons. The Bertz CT molecular complexity index is 693. The lowest BCUT2D eigenvalue weighted by Crippen LogP contribution is -2.12. The molecule has 6 nitrogen and oxygen atoms in total. The third kappa shape index (κ3) is 3.90. The molecular formula is C14H16N4O2S. The van der Waals surface area contributed by atoms with Gasteiger partial charge in [0.1, 0.15) is 0 Å². The molecule has 2 N–H and O–H groups in total. The molecule has 110 valence electrons. The van der Waals surface area contributed by atoms with E-state index in [4.69, 9.17) is 5.11 Å². The molecule has 21 heavy (non-hydrogen) atoms. The third-order valence-corrected chi connectivity index (χ3v) is 3.49. The van der Waals surface area contributed by atoms with Crippen LogP contribution in [0.25, 0.3) is 0 Å². The van der Waals surface area contributed by atoms with Gasteiger partial charge in [0.05, 0.1) is 28.9 Å². The number of hydrogen-bond donors (Lipinski definition) is 2. The Balaban J connectivity index is 2.08. The summed E-state index contributed by atoms with van der Waals surface area (Å²) in [6.07, 6.45) is 4.42. The smallest absolute Gasteiger partial charge is 0.260 e. The first-order chi connectivity index (χ1) is 10.1. The van der Waals surface area contributed by atoms with Crippen molar-refractivity contribution < 1.29 is 9.90 Å². The van der Waals surface area contributed by atoms with Gasteiger partial charge < -0.3 is 5.11 Å². The van der Waals surface area contributed by atoms with Crippen LogP contribution in [0.3, 0.4) is 0 Å². The van der Waals surface area contributed by atoms with E-state index >= 15 is 0 Å². The SMILES string of the molecule is CCc1nn(C)cc1C(=O)Nc1ncc(C#CCCO)s1. The van der Waals surface area contributed by atoms with Crippen LogP contribution in [0.4, 0.5) is 5.13 Å². The number of hydrogen-bond acceptors (Lipinski definition) is 5. The molecule has 0 fully saturated rings. The molecule has 0 saturated heterocycles. The number of nitrogens with one attached hydrogen (secondary N) is 1. The second-order valence-electron chi connectivity index (χ2n) is 4.28. The monoisotopic (exact) mass is 304 g/mol. The van der Waals surface area contributed by atoms with E-state index in [-0.39, 0.29) is 12.5 Å². The standard InChI is InChI=1S/C14H16N4O2S/c1-3-12-11(9-18(2)17-12)13(20)16-14-15-8-10(21-14)6-4-5-7-19/h8-9,19H,3,5,7H2,1-2H3,(H,15,16,20). The summed E-state index contributed by atoms with van der Waals surface area (Å²) in [4.78, 5) is 17.1. The highest BCUT2D eigenvalue weighted by Gasteiger charge is 2.15. The van der Waals surface area contributed by atoms with Crippen molar-refractivity contribution in [2.45, 2.75) is 19.8 Å². The molecule has 0 aromatic carbocycles. The quantitative estimate of drug-likeness (QED) is 0.837. The molecule has 0 atom stereocenters. The van der Waals surface area contributed by atoms with E-state index < -0.39 is 0 Å². The molecule has 2 aromatic heterocycles. The molecule has 0 bridgehead atoms. The van der Waals surface area contributed by atoms with E-state index in [1.807, 2.05) is 6.92 Å². The summed E-state index contributed by atoms with van der Waals surface area (Å²) in [5, 5.41) is 16.2. The van der Waals surface area contributed by atoms with Gasteiger partial charge in [-0.15, -0.1) is 0 Å². The van der Waals surface area contributed by atoms with Gasteiger partial charge >= 0.3 is 0 Å². The average Bonchev–Trinajstić information content (AvgIpc) is 3.05. The predicted octanol–water partition coefficient (Wildman–Crippen LogP) is 1.43. The molecule has 0 saturated carbocycles. The maximum Gasteiger partial charge on any atom is 0.260 e. The third-order valence-electron chi connectivity index (χ3n) is 2.66. The lowest BCUT2D eigenvalue weighted by Gasteiger charge is -1.99. The highest BCUT2D eigenvalue weighted by Crippen LogP contribution is 2.18. The predicted molar refractivity (Wildman–Crippen MR) is 81.2 cm³/mol. The normalized spacial score (nSPS) is 10.0. The van der Waals surface area contributed by atoms with E-state index in [1.165, 1.54) is 11.3 Å². The maximum atomic E-state index is 12.2. The number of aliphatic hydroxyl groups is 1. The molecule has 0 unspecified atom stereocenters. The average molecular weight is 304 g/mol. The summed E-state index contributed by atoms with van der Waals surface area (Å²) >= 11 is 1.30. The van der Waals surface area contributed by atoms with E-state index in [2.05, 4.69) is 27.2 Å². The molecule has 0 aliphatic carbocycles. The van der Waals surface area contributed by atoms with E-state index in [0.717, 1.165) is 10.6 Å². The molecule has 2 aromatic rings. The minimum Gasteiger partial charge on any atom is -0.395 e. The highest BCUT2D eigenvalue weighted by molar-refractivity contribution is 7.16. The summed E-state index contributed by atoms with van der Waals surface area (Å²) in [6.45, 7) is 1.99. The van der Waals surface area contributed by atoms with Gasteiger partial charge in [0.2, 0.25) is 0 Å². The number of rotatable bonds is 4. The van der Waals surface area contributed by atoms with Crippen molar-refractivity contribution >= 4 is 22.4 Å². The van der Waals surface area contributed by atoms with Gasteiger partial charge in [0.15, 0.2) is 5.13 Å². The van der Waals surface area contributed by atoms with Crippen molar-refractivity contribution in [3.05, 3.63) is 28.5 Å². The van der Waals surface area contributed by atoms with Gasteiger partial charge in [-0.1, -0.05) is 30.1 Å².